The minimum Gasteiger partial charge on any atom is -0.309 e. The summed E-state index contributed by atoms with van der Waals surface area (Å²) in [5, 5.41) is 0. The third-order valence-electron chi connectivity index (χ3n) is 1.97. The molecule has 0 aliphatic carbocycles. The van der Waals surface area contributed by atoms with Crippen LogP contribution < -0.4 is 0 Å². The number of allylic oxidation sites excluding steroid dienone is 4. The molecule has 0 saturated heterocycles. The van der Waals surface area contributed by atoms with Crippen LogP contribution >= 0.6 is 0 Å². The van der Waals surface area contributed by atoms with Crippen molar-refractivity contribution in [1.29, 1.82) is 0 Å². The Morgan fingerprint density at radius 1 is 1.36 bits per heavy atom. The molecule has 0 radical (unpaired) electrons. The minimum absolute atomic E-state index is 0.165. The zero-order valence-electron chi connectivity index (χ0n) is 9.60. The van der Waals surface area contributed by atoms with E-state index in [2.05, 4.69) is 6.58 Å². The van der Waals surface area contributed by atoms with Gasteiger partial charge in [0.25, 0.3) is 0 Å². The summed E-state index contributed by atoms with van der Waals surface area (Å²) in [6, 6.07) is 0. The zero-order chi connectivity index (χ0) is 11.1. The van der Waals surface area contributed by atoms with Crippen LogP contribution in [-0.2, 0) is 0 Å². The molecule has 0 unspecified atom stereocenters. The monoisotopic (exact) mass is 197 g/mol. The van der Waals surface area contributed by atoms with Crippen molar-refractivity contribution in [2.24, 2.45) is 0 Å². The maximum absolute atomic E-state index is 13.5. The summed E-state index contributed by atoms with van der Waals surface area (Å²) in [7, 11) is 3.97. The molecule has 80 valence electrons. The van der Waals surface area contributed by atoms with Gasteiger partial charge in [-0.2, -0.15) is 0 Å². The minimum atomic E-state index is -0.165. The molecule has 0 aromatic carbocycles. The summed E-state index contributed by atoms with van der Waals surface area (Å²) in [5.41, 5.74) is 1.82. The van der Waals surface area contributed by atoms with Crippen molar-refractivity contribution < 1.29 is 4.39 Å². The van der Waals surface area contributed by atoms with Gasteiger partial charge in [0, 0.05) is 6.54 Å². The Kier molecular flexibility index (Phi) is 6.13. The van der Waals surface area contributed by atoms with Gasteiger partial charge in [0.15, 0.2) is 0 Å². The molecule has 2 heteroatoms. The van der Waals surface area contributed by atoms with Gasteiger partial charge >= 0.3 is 0 Å². The van der Waals surface area contributed by atoms with E-state index in [1.165, 1.54) is 12.2 Å². The summed E-state index contributed by atoms with van der Waals surface area (Å²) in [4.78, 5) is 2.05. The van der Waals surface area contributed by atoms with Crippen LogP contribution in [0.25, 0.3) is 0 Å². The van der Waals surface area contributed by atoms with Gasteiger partial charge in [-0.1, -0.05) is 18.2 Å². The van der Waals surface area contributed by atoms with E-state index in [1.807, 2.05) is 32.8 Å². The molecule has 1 nitrogen and oxygen atoms in total. The Bertz CT molecular complexity index is 245. The van der Waals surface area contributed by atoms with Gasteiger partial charge in [0.05, 0.1) is 0 Å². The maximum atomic E-state index is 13.5. The molecule has 0 aromatic heterocycles. The Hall–Kier alpha value is -0.890. The van der Waals surface area contributed by atoms with Crippen molar-refractivity contribution in [2.45, 2.75) is 20.3 Å². The molecular formula is C12H20FN. The smallest absolute Gasteiger partial charge is 0.126 e. The lowest BCUT2D eigenvalue weighted by Gasteiger charge is -2.12. The van der Waals surface area contributed by atoms with E-state index >= 15 is 0 Å². The molecule has 0 amide bonds. The van der Waals surface area contributed by atoms with Crippen molar-refractivity contribution in [3.63, 3.8) is 0 Å². The SMILES string of the molecule is C=C/C=C(/F)C(CCN(C)C)=C(C)C. The molecule has 0 heterocycles. The van der Waals surface area contributed by atoms with Crippen LogP contribution in [0.4, 0.5) is 4.39 Å². The second kappa shape index (κ2) is 6.55. The van der Waals surface area contributed by atoms with Crippen LogP contribution in [0.1, 0.15) is 20.3 Å². The van der Waals surface area contributed by atoms with Crippen molar-refractivity contribution >= 4 is 0 Å². The first kappa shape index (κ1) is 13.1. The fraction of sp³-hybridized carbons (Fsp3) is 0.500. The average Bonchev–Trinajstić information content (AvgIpc) is 2.03. The fourth-order valence-electron chi connectivity index (χ4n) is 1.15. The Morgan fingerprint density at radius 2 is 1.93 bits per heavy atom. The lowest BCUT2D eigenvalue weighted by Crippen LogP contribution is -2.14. The first-order chi connectivity index (χ1) is 6.49. The van der Waals surface area contributed by atoms with E-state index < -0.39 is 0 Å². The van der Waals surface area contributed by atoms with Crippen molar-refractivity contribution in [1.82, 2.24) is 4.90 Å². The molecular weight excluding hydrogens is 177 g/mol. The zero-order valence-corrected chi connectivity index (χ0v) is 9.60. The van der Waals surface area contributed by atoms with Crippen molar-refractivity contribution in [2.75, 3.05) is 20.6 Å². The van der Waals surface area contributed by atoms with E-state index in [0.29, 0.717) is 0 Å². The van der Waals surface area contributed by atoms with Gasteiger partial charge in [-0.25, -0.2) is 4.39 Å². The standard InChI is InChI=1S/C12H20FN/c1-6-7-12(13)11(10(2)3)8-9-14(4)5/h6-7H,1,8-9H2,2-5H3/b12-7+. The van der Waals surface area contributed by atoms with Crippen LogP contribution in [0, 0.1) is 0 Å². The highest BCUT2D eigenvalue weighted by Crippen LogP contribution is 2.19. The van der Waals surface area contributed by atoms with Gasteiger partial charge in [-0.05, 0) is 46.0 Å². The molecule has 0 bridgehead atoms. The Morgan fingerprint density at radius 3 is 2.29 bits per heavy atom. The number of hydrogen-bond acceptors (Lipinski definition) is 1. The van der Waals surface area contributed by atoms with E-state index in [-0.39, 0.29) is 5.83 Å². The van der Waals surface area contributed by atoms with Crippen LogP contribution in [0.3, 0.4) is 0 Å². The molecule has 0 aliphatic heterocycles. The summed E-state index contributed by atoms with van der Waals surface area (Å²) >= 11 is 0. The summed E-state index contributed by atoms with van der Waals surface area (Å²) in [5.74, 6) is -0.165. The molecule has 0 atom stereocenters. The molecule has 0 aliphatic rings. The van der Waals surface area contributed by atoms with Crippen molar-refractivity contribution in [3.05, 3.63) is 35.7 Å². The predicted octanol–water partition coefficient (Wildman–Crippen LogP) is 3.31. The van der Waals surface area contributed by atoms with E-state index in [1.54, 1.807) is 0 Å². The van der Waals surface area contributed by atoms with E-state index in [0.717, 1.165) is 24.1 Å². The second-order valence-electron chi connectivity index (χ2n) is 3.78. The predicted molar refractivity (Wildman–Crippen MR) is 60.9 cm³/mol. The lowest BCUT2D eigenvalue weighted by molar-refractivity contribution is 0.410. The van der Waals surface area contributed by atoms with E-state index in [9.17, 15) is 4.39 Å². The van der Waals surface area contributed by atoms with Gasteiger partial charge in [0.2, 0.25) is 0 Å². The largest absolute Gasteiger partial charge is 0.309 e. The van der Waals surface area contributed by atoms with Crippen LogP contribution in [0.2, 0.25) is 0 Å². The maximum Gasteiger partial charge on any atom is 0.126 e. The Balaban J connectivity index is 4.56. The first-order valence-corrected chi connectivity index (χ1v) is 4.78. The summed E-state index contributed by atoms with van der Waals surface area (Å²) in [6.45, 7) is 8.21. The van der Waals surface area contributed by atoms with E-state index in [4.69, 9.17) is 0 Å². The number of hydrogen-bond donors (Lipinski definition) is 0. The third kappa shape index (κ3) is 4.97. The number of nitrogens with zero attached hydrogens (tertiary/aromatic N) is 1. The molecule has 0 aromatic rings. The highest BCUT2D eigenvalue weighted by Gasteiger charge is 2.06. The quantitative estimate of drug-likeness (QED) is 0.611. The molecule has 14 heavy (non-hydrogen) atoms. The summed E-state index contributed by atoms with van der Waals surface area (Å²) in [6.07, 6.45) is 3.64. The molecule has 0 N–H and O–H groups in total. The normalized spacial score (nSPS) is 11.7. The second-order valence-corrected chi connectivity index (χ2v) is 3.78. The van der Waals surface area contributed by atoms with Gasteiger partial charge in [-0.15, -0.1) is 0 Å². The molecule has 0 fully saturated rings. The average molecular weight is 197 g/mol. The summed E-state index contributed by atoms with van der Waals surface area (Å²) < 4.78 is 13.5. The van der Waals surface area contributed by atoms with Gasteiger partial charge in [0.1, 0.15) is 5.83 Å². The molecule has 0 rings (SSSR count). The van der Waals surface area contributed by atoms with Crippen molar-refractivity contribution in [3.8, 4) is 0 Å². The molecule has 0 saturated carbocycles. The lowest BCUT2D eigenvalue weighted by atomic mass is 10.1. The molecule has 0 spiro atoms. The third-order valence-corrected chi connectivity index (χ3v) is 1.97. The number of rotatable bonds is 5. The number of halogens is 1. The highest BCUT2D eigenvalue weighted by atomic mass is 19.1. The fourth-order valence-corrected chi connectivity index (χ4v) is 1.15. The van der Waals surface area contributed by atoms with Crippen LogP contribution in [-0.4, -0.2) is 25.5 Å². The topological polar surface area (TPSA) is 3.24 Å². The highest BCUT2D eigenvalue weighted by molar-refractivity contribution is 5.31. The van der Waals surface area contributed by atoms with Gasteiger partial charge in [-0.3, -0.25) is 0 Å². The van der Waals surface area contributed by atoms with Crippen LogP contribution in [0.5, 0.6) is 0 Å². The van der Waals surface area contributed by atoms with Crippen LogP contribution in [0.15, 0.2) is 35.7 Å². The van der Waals surface area contributed by atoms with Gasteiger partial charge < -0.3 is 4.90 Å². The Labute approximate surface area is 86.6 Å². The first-order valence-electron chi connectivity index (χ1n) is 4.78.